The minimum atomic E-state index is 0.263. The minimum Gasteiger partial charge on any atom is -0.378 e. The van der Waals surface area contributed by atoms with Crippen LogP contribution in [0.4, 0.5) is 0 Å². The SMILES string of the molecule is C/C(C#N)=C\C(C)NC1COC1. The molecule has 1 saturated heterocycles. The summed E-state index contributed by atoms with van der Waals surface area (Å²) in [6.07, 6.45) is 1.93. The molecule has 0 aliphatic carbocycles. The average molecular weight is 166 g/mol. The number of nitrogens with one attached hydrogen (secondary N) is 1. The van der Waals surface area contributed by atoms with Crippen LogP contribution in [0.25, 0.3) is 0 Å². The van der Waals surface area contributed by atoms with Gasteiger partial charge in [-0.15, -0.1) is 0 Å². The van der Waals surface area contributed by atoms with E-state index in [2.05, 4.69) is 11.4 Å². The van der Waals surface area contributed by atoms with E-state index in [4.69, 9.17) is 10.00 Å². The normalized spacial score (nSPS) is 21.2. The molecule has 0 radical (unpaired) electrons. The van der Waals surface area contributed by atoms with Crippen LogP contribution in [0.15, 0.2) is 11.6 Å². The second-order valence-corrected chi connectivity index (χ2v) is 3.15. The van der Waals surface area contributed by atoms with Gasteiger partial charge < -0.3 is 10.1 Å². The third-order valence-corrected chi connectivity index (χ3v) is 1.81. The number of allylic oxidation sites excluding steroid dienone is 1. The van der Waals surface area contributed by atoms with E-state index in [-0.39, 0.29) is 6.04 Å². The Morgan fingerprint density at radius 3 is 2.83 bits per heavy atom. The van der Waals surface area contributed by atoms with E-state index in [1.807, 2.05) is 19.9 Å². The van der Waals surface area contributed by atoms with Crippen LogP contribution < -0.4 is 5.32 Å². The number of nitriles is 1. The van der Waals surface area contributed by atoms with Gasteiger partial charge in [-0.2, -0.15) is 5.26 Å². The van der Waals surface area contributed by atoms with E-state index in [0.29, 0.717) is 6.04 Å². The number of hydrogen-bond donors (Lipinski definition) is 1. The van der Waals surface area contributed by atoms with E-state index >= 15 is 0 Å². The van der Waals surface area contributed by atoms with Crippen LogP contribution in [0, 0.1) is 11.3 Å². The van der Waals surface area contributed by atoms with E-state index < -0.39 is 0 Å². The molecule has 12 heavy (non-hydrogen) atoms. The molecular weight excluding hydrogens is 152 g/mol. The highest BCUT2D eigenvalue weighted by Crippen LogP contribution is 2.02. The fraction of sp³-hybridized carbons (Fsp3) is 0.667. The standard InChI is InChI=1S/C9H14N2O/c1-7(4-10)3-8(2)11-9-5-12-6-9/h3,8-9,11H,5-6H2,1-2H3/b7-3+. The molecule has 0 aromatic heterocycles. The van der Waals surface area contributed by atoms with Crippen molar-refractivity contribution in [1.29, 1.82) is 5.26 Å². The zero-order chi connectivity index (χ0) is 8.97. The molecule has 1 N–H and O–H groups in total. The van der Waals surface area contributed by atoms with Gasteiger partial charge in [0.2, 0.25) is 0 Å². The molecule has 1 fully saturated rings. The summed E-state index contributed by atoms with van der Waals surface area (Å²) >= 11 is 0. The molecular formula is C9H14N2O. The second-order valence-electron chi connectivity index (χ2n) is 3.15. The molecule has 0 aromatic carbocycles. The molecule has 0 amide bonds. The van der Waals surface area contributed by atoms with E-state index in [0.717, 1.165) is 18.8 Å². The van der Waals surface area contributed by atoms with Crippen molar-refractivity contribution >= 4 is 0 Å². The van der Waals surface area contributed by atoms with Gasteiger partial charge in [0.05, 0.1) is 25.3 Å². The molecule has 1 heterocycles. The Morgan fingerprint density at radius 1 is 1.75 bits per heavy atom. The van der Waals surface area contributed by atoms with Crippen molar-refractivity contribution in [3.8, 4) is 6.07 Å². The first-order chi connectivity index (χ1) is 5.72. The summed E-state index contributed by atoms with van der Waals surface area (Å²) < 4.78 is 5.02. The Bertz CT molecular complexity index is 213. The maximum absolute atomic E-state index is 8.52. The van der Waals surface area contributed by atoms with Crippen molar-refractivity contribution in [2.24, 2.45) is 0 Å². The number of nitrogens with zero attached hydrogens (tertiary/aromatic N) is 1. The van der Waals surface area contributed by atoms with E-state index in [9.17, 15) is 0 Å². The Labute approximate surface area is 73.0 Å². The maximum Gasteiger partial charge on any atom is 0.0941 e. The molecule has 1 rings (SSSR count). The summed E-state index contributed by atoms with van der Waals surface area (Å²) in [5, 5.41) is 11.8. The van der Waals surface area contributed by atoms with Gasteiger partial charge in [0.15, 0.2) is 0 Å². The lowest BCUT2D eigenvalue weighted by atomic mass is 10.2. The predicted octanol–water partition coefficient (Wildman–Crippen LogP) is 0.833. The summed E-state index contributed by atoms with van der Waals surface area (Å²) in [4.78, 5) is 0. The minimum absolute atomic E-state index is 0.263. The van der Waals surface area contributed by atoms with Gasteiger partial charge in [-0.05, 0) is 13.8 Å². The molecule has 1 unspecified atom stereocenters. The Hall–Kier alpha value is -0.850. The molecule has 3 nitrogen and oxygen atoms in total. The topological polar surface area (TPSA) is 45.0 Å². The monoisotopic (exact) mass is 166 g/mol. The van der Waals surface area contributed by atoms with Gasteiger partial charge in [-0.1, -0.05) is 6.08 Å². The second kappa shape index (κ2) is 4.24. The van der Waals surface area contributed by atoms with Gasteiger partial charge in [0, 0.05) is 11.6 Å². The van der Waals surface area contributed by atoms with Gasteiger partial charge in [0.25, 0.3) is 0 Å². The Morgan fingerprint density at radius 2 is 2.42 bits per heavy atom. The third-order valence-electron chi connectivity index (χ3n) is 1.81. The first-order valence-electron chi connectivity index (χ1n) is 4.14. The smallest absolute Gasteiger partial charge is 0.0941 e. The van der Waals surface area contributed by atoms with Gasteiger partial charge in [-0.25, -0.2) is 0 Å². The first-order valence-corrected chi connectivity index (χ1v) is 4.14. The van der Waals surface area contributed by atoms with Crippen LogP contribution in [0.3, 0.4) is 0 Å². The molecule has 0 bridgehead atoms. The van der Waals surface area contributed by atoms with Crippen molar-refractivity contribution in [3.63, 3.8) is 0 Å². The van der Waals surface area contributed by atoms with Crippen molar-refractivity contribution < 1.29 is 4.74 Å². The predicted molar refractivity (Wildman–Crippen MR) is 46.6 cm³/mol. The highest BCUT2D eigenvalue weighted by atomic mass is 16.5. The van der Waals surface area contributed by atoms with E-state index in [1.165, 1.54) is 0 Å². The fourth-order valence-electron chi connectivity index (χ4n) is 1.16. The number of hydrogen-bond acceptors (Lipinski definition) is 3. The molecule has 3 heteroatoms. The Kier molecular flexibility index (Phi) is 3.27. The maximum atomic E-state index is 8.52. The van der Waals surface area contributed by atoms with Gasteiger partial charge >= 0.3 is 0 Å². The zero-order valence-corrected chi connectivity index (χ0v) is 7.50. The summed E-state index contributed by atoms with van der Waals surface area (Å²) in [5.41, 5.74) is 0.759. The molecule has 1 atom stereocenters. The average Bonchev–Trinajstić information content (AvgIpc) is 1.97. The first kappa shape index (κ1) is 9.24. The summed E-state index contributed by atoms with van der Waals surface area (Å²) in [6.45, 7) is 5.45. The van der Waals surface area contributed by atoms with Crippen molar-refractivity contribution in [3.05, 3.63) is 11.6 Å². The quantitative estimate of drug-likeness (QED) is 0.632. The molecule has 0 spiro atoms. The van der Waals surface area contributed by atoms with Crippen LogP contribution in [-0.4, -0.2) is 25.3 Å². The van der Waals surface area contributed by atoms with Gasteiger partial charge in [-0.3, -0.25) is 0 Å². The lowest BCUT2D eigenvalue weighted by Crippen LogP contribution is -2.49. The van der Waals surface area contributed by atoms with E-state index in [1.54, 1.807) is 0 Å². The van der Waals surface area contributed by atoms with Crippen molar-refractivity contribution in [1.82, 2.24) is 5.32 Å². The molecule has 0 saturated carbocycles. The molecule has 0 aromatic rings. The lowest BCUT2D eigenvalue weighted by Gasteiger charge is -2.29. The molecule has 1 aliphatic heterocycles. The van der Waals surface area contributed by atoms with Crippen LogP contribution >= 0.6 is 0 Å². The molecule has 1 aliphatic rings. The van der Waals surface area contributed by atoms with Crippen molar-refractivity contribution in [2.45, 2.75) is 25.9 Å². The highest BCUT2D eigenvalue weighted by molar-refractivity contribution is 5.19. The van der Waals surface area contributed by atoms with Gasteiger partial charge in [0.1, 0.15) is 0 Å². The summed E-state index contributed by atoms with van der Waals surface area (Å²) in [7, 11) is 0. The largest absolute Gasteiger partial charge is 0.378 e. The zero-order valence-electron chi connectivity index (χ0n) is 7.50. The van der Waals surface area contributed by atoms with Crippen molar-refractivity contribution in [2.75, 3.05) is 13.2 Å². The van der Waals surface area contributed by atoms with Crippen LogP contribution in [-0.2, 0) is 4.74 Å². The Balaban J connectivity index is 2.28. The van der Waals surface area contributed by atoms with Crippen LogP contribution in [0.5, 0.6) is 0 Å². The number of ether oxygens (including phenoxy) is 1. The number of rotatable bonds is 3. The summed E-state index contributed by atoms with van der Waals surface area (Å²) in [6, 6.07) is 2.83. The van der Waals surface area contributed by atoms with Crippen LogP contribution in [0.2, 0.25) is 0 Å². The summed E-state index contributed by atoms with van der Waals surface area (Å²) in [5.74, 6) is 0. The molecule has 66 valence electrons. The fourth-order valence-corrected chi connectivity index (χ4v) is 1.16. The highest BCUT2D eigenvalue weighted by Gasteiger charge is 2.18. The lowest BCUT2D eigenvalue weighted by molar-refractivity contribution is -0.00711. The third kappa shape index (κ3) is 2.65. The van der Waals surface area contributed by atoms with Crippen LogP contribution in [0.1, 0.15) is 13.8 Å².